The van der Waals surface area contributed by atoms with Gasteiger partial charge in [-0.2, -0.15) is 0 Å². The van der Waals surface area contributed by atoms with E-state index in [0.29, 0.717) is 5.91 Å². The summed E-state index contributed by atoms with van der Waals surface area (Å²) in [5.74, 6) is 0.406. The van der Waals surface area contributed by atoms with Crippen LogP contribution < -0.4 is 5.32 Å². The molecular formula is C11H19N3O. The number of carbonyl (C=O) groups is 1. The van der Waals surface area contributed by atoms with Crippen LogP contribution in [0.5, 0.6) is 0 Å². The minimum absolute atomic E-state index is 0.0460. The molecule has 1 N–H and O–H groups in total. The van der Waals surface area contributed by atoms with E-state index in [0.717, 1.165) is 45.7 Å². The molecule has 2 unspecified atom stereocenters. The quantitative estimate of drug-likeness (QED) is 0.600. The van der Waals surface area contributed by atoms with E-state index in [-0.39, 0.29) is 5.54 Å². The normalized spacial score (nSPS) is 39.7. The molecule has 0 aromatic heterocycles. The van der Waals surface area contributed by atoms with E-state index < -0.39 is 0 Å². The molecule has 3 fully saturated rings. The maximum atomic E-state index is 12.4. The van der Waals surface area contributed by atoms with Crippen LogP contribution in [0.2, 0.25) is 0 Å². The number of hydrogen-bond acceptors (Lipinski definition) is 3. The molecule has 84 valence electrons. The number of piperazine rings is 1. The van der Waals surface area contributed by atoms with Gasteiger partial charge in [-0.15, -0.1) is 0 Å². The van der Waals surface area contributed by atoms with Crippen molar-refractivity contribution >= 4 is 5.91 Å². The number of amides is 1. The molecule has 0 saturated carbocycles. The number of carbonyl (C=O) groups excluding carboxylic acids is 1. The highest BCUT2D eigenvalue weighted by Crippen LogP contribution is 2.42. The van der Waals surface area contributed by atoms with Gasteiger partial charge >= 0.3 is 0 Å². The minimum Gasteiger partial charge on any atom is -0.338 e. The molecule has 2 atom stereocenters. The standard InChI is InChI=1S/C11H19N3O/c15-10(13-7-4-12-5-8-13)11-3-1-2-6-14(11)9-11/h12H,1-9H2. The number of piperidine rings is 1. The summed E-state index contributed by atoms with van der Waals surface area (Å²) in [6.45, 7) is 5.88. The lowest BCUT2D eigenvalue weighted by atomic mass is 9.97. The molecule has 3 heterocycles. The Bertz CT molecular complexity index is 275. The molecule has 0 bridgehead atoms. The first-order chi connectivity index (χ1) is 7.33. The summed E-state index contributed by atoms with van der Waals surface area (Å²) in [6, 6.07) is 0. The van der Waals surface area contributed by atoms with Crippen molar-refractivity contribution in [3.8, 4) is 0 Å². The highest BCUT2D eigenvalue weighted by molar-refractivity contribution is 5.90. The van der Waals surface area contributed by atoms with Gasteiger partial charge in [0.25, 0.3) is 0 Å². The molecule has 0 aromatic rings. The van der Waals surface area contributed by atoms with Crippen LogP contribution in [0.4, 0.5) is 0 Å². The second kappa shape index (κ2) is 3.46. The van der Waals surface area contributed by atoms with E-state index in [9.17, 15) is 4.79 Å². The van der Waals surface area contributed by atoms with Crippen molar-refractivity contribution in [2.45, 2.75) is 24.8 Å². The van der Waals surface area contributed by atoms with Gasteiger partial charge in [0.1, 0.15) is 5.54 Å². The predicted molar refractivity (Wildman–Crippen MR) is 57.6 cm³/mol. The van der Waals surface area contributed by atoms with Crippen molar-refractivity contribution in [3.63, 3.8) is 0 Å². The highest BCUT2D eigenvalue weighted by atomic mass is 16.2. The van der Waals surface area contributed by atoms with Crippen molar-refractivity contribution in [3.05, 3.63) is 0 Å². The van der Waals surface area contributed by atoms with Crippen molar-refractivity contribution in [1.29, 1.82) is 0 Å². The Balaban J connectivity index is 1.68. The first kappa shape index (κ1) is 9.60. The average Bonchev–Trinajstić information content (AvgIpc) is 3.05. The summed E-state index contributed by atoms with van der Waals surface area (Å²) in [5.41, 5.74) is -0.0460. The Morgan fingerprint density at radius 3 is 2.67 bits per heavy atom. The molecule has 0 aromatic carbocycles. The first-order valence-electron chi connectivity index (χ1n) is 6.08. The monoisotopic (exact) mass is 209 g/mol. The van der Waals surface area contributed by atoms with Crippen LogP contribution in [0.25, 0.3) is 0 Å². The SMILES string of the molecule is O=C(N1CCNCC1)C12CCCCN1C2. The van der Waals surface area contributed by atoms with Gasteiger partial charge in [0, 0.05) is 32.7 Å². The maximum absolute atomic E-state index is 12.4. The minimum atomic E-state index is -0.0460. The van der Waals surface area contributed by atoms with Crippen molar-refractivity contribution in [2.75, 3.05) is 39.3 Å². The number of fused-ring (bicyclic) bond motifs is 1. The highest BCUT2D eigenvalue weighted by Gasteiger charge is 2.59. The molecule has 3 aliphatic heterocycles. The number of hydrogen-bond donors (Lipinski definition) is 1. The third kappa shape index (κ3) is 1.47. The summed E-state index contributed by atoms with van der Waals surface area (Å²) in [7, 11) is 0. The molecule has 0 radical (unpaired) electrons. The van der Waals surface area contributed by atoms with Crippen molar-refractivity contribution < 1.29 is 4.79 Å². The summed E-state index contributed by atoms with van der Waals surface area (Å²) in [5, 5.41) is 3.29. The Labute approximate surface area is 90.6 Å². The van der Waals surface area contributed by atoms with E-state index in [2.05, 4.69) is 15.1 Å². The van der Waals surface area contributed by atoms with Gasteiger partial charge in [-0.25, -0.2) is 0 Å². The molecule has 4 nitrogen and oxygen atoms in total. The lowest BCUT2D eigenvalue weighted by Crippen LogP contribution is -2.52. The van der Waals surface area contributed by atoms with Crippen molar-refractivity contribution in [1.82, 2.24) is 15.1 Å². The molecular weight excluding hydrogens is 190 g/mol. The molecule has 0 spiro atoms. The third-order valence-corrected chi connectivity index (χ3v) is 4.02. The lowest BCUT2D eigenvalue weighted by Gasteiger charge is -2.32. The summed E-state index contributed by atoms with van der Waals surface area (Å²) < 4.78 is 0. The van der Waals surface area contributed by atoms with Gasteiger partial charge in [0.2, 0.25) is 5.91 Å². The van der Waals surface area contributed by atoms with Gasteiger partial charge in [-0.05, 0) is 25.8 Å². The molecule has 3 rings (SSSR count). The van der Waals surface area contributed by atoms with Gasteiger partial charge in [0.05, 0.1) is 0 Å². The number of nitrogens with one attached hydrogen (secondary N) is 1. The zero-order chi connectivity index (χ0) is 10.3. The Kier molecular flexibility index (Phi) is 2.21. The Morgan fingerprint density at radius 1 is 1.13 bits per heavy atom. The summed E-state index contributed by atoms with van der Waals surface area (Å²) >= 11 is 0. The van der Waals surface area contributed by atoms with Crippen LogP contribution in [0.3, 0.4) is 0 Å². The zero-order valence-corrected chi connectivity index (χ0v) is 9.17. The Hall–Kier alpha value is -0.610. The summed E-state index contributed by atoms with van der Waals surface area (Å²) in [6.07, 6.45) is 3.60. The Morgan fingerprint density at radius 2 is 1.93 bits per heavy atom. The largest absolute Gasteiger partial charge is 0.338 e. The molecule has 3 aliphatic rings. The van der Waals surface area contributed by atoms with Crippen LogP contribution >= 0.6 is 0 Å². The molecule has 4 heteroatoms. The first-order valence-corrected chi connectivity index (χ1v) is 6.08. The fourth-order valence-electron chi connectivity index (χ4n) is 3.00. The second-order valence-electron chi connectivity index (χ2n) is 4.95. The topological polar surface area (TPSA) is 35.4 Å². The van der Waals surface area contributed by atoms with Gasteiger partial charge in [-0.1, -0.05) is 0 Å². The van der Waals surface area contributed by atoms with Gasteiger partial charge in [0.15, 0.2) is 0 Å². The average molecular weight is 209 g/mol. The van der Waals surface area contributed by atoms with Gasteiger partial charge in [-0.3, -0.25) is 9.69 Å². The number of rotatable bonds is 1. The van der Waals surface area contributed by atoms with Crippen LogP contribution in [0, 0.1) is 0 Å². The molecule has 15 heavy (non-hydrogen) atoms. The molecule has 0 aliphatic carbocycles. The zero-order valence-electron chi connectivity index (χ0n) is 9.17. The number of nitrogens with zero attached hydrogens (tertiary/aromatic N) is 2. The second-order valence-corrected chi connectivity index (χ2v) is 4.95. The van der Waals surface area contributed by atoms with Crippen LogP contribution in [0.1, 0.15) is 19.3 Å². The summed E-state index contributed by atoms with van der Waals surface area (Å²) in [4.78, 5) is 16.8. The fourth-order valence-corrected chi connectivity index (χ4v) is 3.00. The van der Waals surface area contributed by atoms with Crippen molar-refractivity contribution in [2.24, 2.45) is 0 Å². The van der Waals surface area contributed by atoms with E-state index in [1.807, 2.05) is 0 Å². The maximum Gasteiger partial charge on any atom is 0.244 e. The van der Waals surface area contributed by atoms with E-state index in [1.54, 1.807) is 0 Å². The van der Waals surface area contributed by atoms with Crippen LogP contribution in [-0.4, -0.2) is 60.5 Å². The van der Waals surface area contributed by atoms with E-state index in [1.165, 1.54) is 12.8 Å². The fraction of sp³-hybridized carbons (Fsp3) is 0.909. The molecule has 1 amide bonds. The molecule has 3 saturated heterocycles. The van der Waals surface area contributed by atoms with Gasteiger partial charge < -0.3 is 10.2 Å². The third-order valence-electron chi connectivity index (χ3n) is 4.02. The lowest BCUT2D eigenvalue weighted by molar-refractivity contribution is -0.136. The van der Waals surface area contributed by atoms with E-state index in [4.69, 9.17) is 0 Å². The predicted octanol–water partition coefficient (Wildman–Crippen LogP) is -0.343. The smallest absolute Gasteiger partial charge is 0.244 e. The van der Waals surface area contributed by atoms with E-state index >= 15 is 0 Å². The van der Waals surface area contributed by atoms with Crippen LogP contribution in [0.15, 0.2) is 0 Å². The van der Waals surface area contributed by atoms with Crippen LogP contribution in [-0.2, 0) is 4.79 Å².